The summed E-state index contributed by atoms with van der Waals surface area (Å²) in [5, 5.41) is 2.63. The van der Waals surface area contributed by atoms with Gasteiger partial charge in [0.1, 0.15) is 5.57 Å². The lowest BCUT2D eigenvalue weighted by molar-refractivity contribution is -0.127. The summed E-state index contributed by atoms with van der Waals surface area (Å²) < 4.78 is 0. The third-order valence-corrected chi connectivity index (χ3v) is 5.04. The van der Waals surface area contributed by atoms with Crippen LogP contribution in [0.2, 0.25) is 5.02 Å². The zero-order valence-corrected chi connectivity index (χ0v) is 15.1. The number of anilines is 1. The Kier molecular flexibility index (Phi) is 4.80. The summed E-state index contributed by atoms with van der Waals surface area (Å²) in [6, 6.07) is 10.5. The highest BCUT2D eigenvalue weighted by molar-refractivity contribution is 7.80. The molecule has 0 unspecified atom stereocenters. The highest BCUT2D eigenvalue weighted by atomic mass is 35.5. The molecule has 1 aromatic heterocycles. The molecule has 2 heterocycles. The van der Waals surface area contributed by atoms with Gasteiger partial charge in [-0.05, 0) is 60.9 Å². The minimum atomic E-state index is -0.426. The van der Waals surface area contributed by atoms with E-state index < -0.39 is 5.91 Å². The van der Waals surface area contributed by atoms with Crippen molar-refractivity contribution in [2.75, 3.05) is 11.4 Å². The Morgan fingerprint density at radius 2 is 1.88 bits per heavy atom. The molecule has 2 aromatic rings. The van der Waals surface area contributed by atoms with Crippen LogP contribution < -0.4 is 4.90 Å². The van der Waals surface area contributed by atoms with Gasteiger partial charge >= 0.3 is 0 Å². The van der Waals surface area contributed by atoms with Crippen molar-refractivity contribution in [2.45, 2.75) is 6.92 Å². The zero-order chi connectivity index (χ0) is 17.3. The fourth-order valence-electron chi connectivity index (χ4n) is 2.39. The SMILES string of the molecule is CCN1C(=O)/C(=C\c2cccs2)C(=O)N(c2ccc(Cl)cc2)C1=S. The van der Waals surface area contributed by atoms with Gasteiger partial charge in [0.15, 0.2) is 5.11 Å². The molecule has 4 nitrogen and oxygen atoms in total. The smallest absolute Gasteiger partial charge is 0.270 e. The predicted octanol–water partition coefficient (Wildman–Crippen LogP) is 3.97. The van der Waals surface area contributed by atoms with Gasteiger partial charge in [-0.1, -0.05) is 17.7 Å². The lowest BCUT2D eigenvalue weighted by Gasteiger charge is -2.36. The summed E-state index contributed by atoms with van der Waals surface area (Å²) in [7, 11) is 0. The van der Waals surface area contributed by atoms with E-state index in [1.807, 2.05) is 24.4 Å². The number of likely N-dealkylation sites (N-methyl/N-ethyl adjacent to an activating group) is 1. The molecule has 24 heavy (non-hydrogen) atoms. The first-order valence-electron chi connectivity index (χ1n) is 7.24. The molecule has 1 fully saturated rings. The van der Waals surface area contributed by atoms with Crippen LogP contribution in [0.15, 0.2) is 47.4 Å². The van der Waals surface area contributed by atoms with Gasteiger partial charge in [-0.15, -0.1) is 11.3 Å². The van der Waals surface area contributed by atoms with Crippen molar-refractivity contribution >= 4 is 63.8 Å². The topological polar surface area (TPSA) is 40.6 Å². The van der Waals surface area contributed by atoms with Gasteiger partial charge < -0.3 is 0 Å². The van der Waals surface area contributed by atoms with E-state index in [4.69, 9.17) is 23.8 Å². The van der Waals surface area contributed by atoms with Crippen LogP contribution >= 0.6 is 35.2 Å². The maximum absolute atomic E-state index is 12.9. The average molecular weight is 377 g/mol. The minimum Gasteiger partial charge on any atom is -0.285 e. The summed E-state index contributed by atoms with van der Waals surface area (Å²) in [5.74, 6) is -0.795. The largest absolute Gasteiger partial charge is 0.285 e. The van der Waals surface area contributed by atoms with Crippen molar-refractivity contribution < 1.29 is 9.59 Å². The summed E-state index contributed by atoms with van der Waals surface area (Å²) in [6.07, 6.45) is 1.61. The molecule has 0 aliphatic carbocycles. The highest BCUT2D eigenvalue weighted by Gasteiger charge is 2.39. The van der Waals surface area contributed by atoms with E-state index in [9.17, 15) is 9.59 Å². The number of thiophene rings is 1. The molecule has 1 aliphatic heterocycles. The number of hydrogen-bond acceptors (Lipinski definition) is 4. The normalized spacial score (nSPS) is 17.1. The van der Waals surface area contributed by atoms with Crippen molar-refractivity contribution in [1.82, 2.24) is 4.90 Å². The number of hydrogen-bond donors (Lipinski definition) is 0. The maximum atomic E-state index is 12.9. The van der Waals surface area contributed by atoms with E-state index in [1.54, 1.807) is 30.3 Å². The van der Waals surface area contributed by atoms with Gasteiger partial charge in [-0.25, -0.2) is 0 Å². The van der Waals surface area contributed by atoms with Gasteiger partial charge in [-0.3, -0.25) is 19.4 Å². The van der Waals surface area contributed by atoms with E-state index in [1.165, 1.54) is 21.1 Å². The lowest BCUT2D eigenvalue weighted by atomic mass is 10.1. The molecule has 7 heteroatoms. The molecule has 0 spiro atoms. The van der Waals surface area contributed by atoms with E-state index in [0.29, 0.717) is 17.3 Å². The number of nitrogens with zero attached hydrogens (tertiary/aromatic N) is 2. The van der Waals surface area contributed by atoms with Gasteiger partial charge in [0.2, 0.25) is 0 Å². The Balaban J connectivity index is 2.08. The standard InChI is InChI=1S/C17H13ClN2O2S2/c1-2-19-15(21)14(10-13-4-3-9-24-13)16(22)20(17(19)23)12-7-5-11(18)6-8-12/h3-10H,2H2,1H3/b14-10+. The third kappa shape index (κ3) is 3.00. The second-order valence-electron chi connectivity index (χ2n) is 5.02. The van der Waals surface area contributed by atoms with Crippen LogP contribution in [-0.4, -0.2) is 28.4 Å². The Morgan fingerprint density at radius 3 is 2.46 bits per heavy atom. The van der Waals surface area contributed by atoms with Crippen LogP contribution in [-0.2, 0) is 9.59 Å². The van der Waals surface area contributed by atoms with Crippen molar-refractivity contribution in [3.63, 3.8) is 0 Å². The number of halogens is 1. The summed E-state index contributed by atoms with van der Waals surface area (Å²) >= 11 is 12.7. The van der Waals surface area contributed by atoms with Crippen LogP contribution in [0.5, 0.6) is 0 Å². The zero-order valence-electron chi connectivity index (χ0n) is 12.7. The number of carbonyl (C=O) groups excluding carboxylic acids is 2. The Hall–Kier alpha value is -2.02. The van der Waals surface area contributed by atoms with Crippen molar-refractivity contribution in [3.05, 3.63) is 57.3 Å². The Bertz CT molecular complexity index is 829. The number of benzene rings is 1. The fourth-order valence-corrected chi connectivity index (χ4v) is 3.57. The second kappa shape index (κ2) is 6.84. The molecule has 0 atom stereocenters. The molecular formula is C17H13ClN2O2S2. The highest BCUT2D eigenvalue weighted by Crippen LogP contribution is 2.27. The predicted molar refractivity (Wildman–Crippen MR) is 101 cm³/mol. The number of rotatable bonds is 3. The molecule has 0 saturated carbocycles. The second-order valence-corrected chi connectivity index (χ2v) is 6.80. The van der Waals surface area contributed by atoms with Gasteiger partial charge in [0, 0.05) is 16.4 Å². The van der Waals surface area contributed by atoms with Crippen molar-refractivity contribution in [3.8, 4) is 0 Å². The number of thiocarbonyl (C=S) groups is 1. The summed E-state index contributed by atoms with van der Waals surface area (Å²) in [5.41, 5.74) is 0.681. The molecule has 0 radical (unpaired) electrons. The third-order valence-electron chi connectivity index (χ3n) is 3.56. The van der Waals surface area contributed by atoms with Crippen LogP contribution in [0, 0.1) is 0 Å². The lowest BCUT2D eigenvalue weighted by Crippen LogP contribution is -2.56. The first-order chi connectivity index (χ1) is 11.5. The quantitative estimate of drug-likeness (QED) is 0.462. The van der Waals surface area contributed by atoms with Crippen LogP contribution in [0.1, 0.15) is 11.8 Å². The Labute approximate surface area is 153 Å². The molecule has 1 aliphatic rings. The van der Waals surface area contributed by atoms with E-state index >= 15 is 0 Å². The monoisotopic (exact) mass is 376 g/mol. The van der Waals surface area contributed by atoms with Crippen molar-refractivity contribution in [2.24, 2.45) is 0 Å². The fraction of sp³-hybridized carbons (Fsp3) is 0.118. The first-order valence-corrected chi connectivity index (χ1v) is 8.90. The van der Waals surface area contributed by atoms with E-state index in [0.717, 1.165) is 4.88 Å². The molecule has 2 amide bonds. The molecule has 122 valence electrons. The molecule has 1 saturated heterocycles. The molecular weight excluding hydrogens is 364 g/mol. The molecule has 1 aromatic carbocycles. The van der Waals surface area contributed by atoms with Gasteiger partial charge in [-0.2, -0.15) is 0 Å². The van der Waals surface area contributed by atoms with Crippen LogP contribution in [0.3, 0.4) is 0 Å². The Morgan fingerprint density at radius 1 is 1.17 bits per heavy atom. The van der Waals surface area contributed by atoms with E-state index in [2.05, 4.69) is 0 Å². The van der Waals surface area contributed by atoms with E-state index in [-0.39, 0.29) is 16.6 Å². The van der Waals surface area contributed by atoms with Gasteiger partial charge in [0.05, 0.1) is 5.69 Å². The molecule has 3 rings (SSSR count). The maximum Gasteiger partial charge on any atom is 0.270 e. The number of carbonyl (C=O) groups is 2. The summed E-state index contributed by atoms with van der Waals surface area (Å²) in [6.45, 7) is 2.21. The number of amides is 2. The average Bonchev–Trinajstić information content (AvgIpc) is 3.07. The summed E-state index contributed by atoms with van der Waals surface area (Å²) in [4.78, 5) is 29.2. The van der Waals surface area contributed by atoms with Crippen LogP contribution in [0.25, 0.3) is 6.08 Å². The molecule has 0 bridgehead atoms. The first kappa shape index (κ1) is 16.8. The van der Waals surface area contributed by atoms with Crippen molar-refractivity contribution in [1.29, 1.82) is 0 Å². The van der Waals surface area contributed by atoms with Gasteiger partial charge in [0.25, 0.3) is 11.8 Å². The van der Waals surface area contributed by atoms with Crippen LogP contribution in [0.4, 0.5) is 5.69 Å². The molecule has 0 N–H and O–H groups in total. The minimum absolute atomic E-state index is 0.0999.